The zero-order chi connectivity index (χ0) is 22.3. The summed E-state index contributed by atoms with van der Waals surface area (Å²) in [4.78, 5) is 4.92. The third-order valence-electron chi connectivity index (χ3n) is 7.12. The molecule has 5 heteroatoms. The van der Waals surface area contributed by atoms with Crippen LogP contribution in [0.3, 0.4) is 0 Å². The fourth-order valence-electron chi connectivity index (χ4n) is 3.89. The van der Waals surface area contributed by atoms with Gasteiger partial charge < -0.3 is 13.9 Å². The van der Waals surface area contributed by atoms with Crippen molar-refractivity contribution in [1.82, 2.24) is 9.55 Å². The molecule has 0 bridgehead atoms. The van der Waals surface area contributed by atoms with Crippen molar-refractivity contribution in [3.05, 3.63) is 47.0 Å². The van der Waals surface area contributed by atoms with Crippen molar-refractivity contribution in [3.8, 4) is 0 Å². The Kier molecular flexibility index (Phi) is 6.28. The van der Waals surface area contributed by atoms with E-state index in [1.807, 2.05) is 0 Å². The van der Waals surface area contributed by atoms with E-state index in [1.54, 1.807) is 0 Å². The van der Waals surface area contributed by atoms with Gasteiger partial charge in [-0.2, -0.15) is 0 Å². The number of rotatable bonds is 7. The van der Waals surface area contributed by atoms with E-state index in [0.717, 1.165) is 37.0 Å². The standard InChI is InChI=1S/C25H39BN2O2/c1-10-23(3,4)16-20-17-28(9)22(27-20)14-12-19-11-13-21(18(2)15-19)26-29-24(5,6)25(7,8)30-26/h11,13,15,17H,10,12,14,16H2,1-9H3. The molecule has 2 heterocycles. The normalized spacial score (nSPS) is 18.2. The summed E-state index contributed by atoms with van der Waals surface area (Å²) >= 11 is 0. The first-order valence-electron chi connectivity index (χ1n) is 11.3. The van der Waals surface area contributed by atoms with Crippen LogP contribution in [0.4, 0.5) is 0 Å². The molecule has 164 valence electrons. The topological polar surface area (TPSA) is 36.3 Å². The second-order valence-electron chi connectivity index (χ2n) is 10.7. The van der Waals surface area contributed by atoms with Crippen LogP contribution in [0.2, 0.25) is 0 Å². The van der Waals surface area contributed by atoms with Crippen molar-refractivity contribution in [1.29, 1.82) is 0 Å². The maximum atomic E-state index is 6.23. The van der Waals surface area contributed by atoms with Crippen LogP contribution in [0, 0.1) is 12.3 Å². The average molecular weight is 410 g/mol. The smallest absolute Gasteiger partial charge is 0.399 e. The van der Waals surface area contributed by atoms with Crippen LogP contribution >= 0.6 is 0 Å². The lowest BCUT2D eigenvalue weighted by Gasteiger charge is -2.32. The van der Waals surface area contributed by atoms with Gasteiger partial charge in [-0.15, -0.1) is 0 Å². The Bertz CT molecular complexity index is 883. The SMILES string of the molecule is CCC(C)(C)Cc1cn(C)c(CCc2ccc(B3OC(C)(C)C(C)(C)O3)c(C)c2)n1. The molecule has 1 aliphatic rings. The van der Waals surface area contributed by atoms with Crippen molar-refractivity contribution in [2.45, 2.75) is 92.3 Å². The molecule has 0 amide bonds. The molecule has 1 fully saturated rings. The highest BCUT2D eigenvalue weighted by Gasteiger charge is 2.52. The Labute approximate surface area is 183 Å². The Balaban J connectivity index is 1.67. The molecule has 0 N–H and O–H groups in total. The molecule has 2 aromatic rings. The molecule has 1 aromatic carbocycles. The number of nitrogens with zero attached hydrogens (tertiary/aromatic N) is 2. The molecule has 0 aliphatic carbocycles. The minimum absolute atomic E-state index is 0.298. The maximum Gasteiger partial charge on any atom is 0.495 e. The van der Waals surface area contributed by atoms with Crippen LogP contribution in [0.15, 0.2) is 24.4 Å². The first-order chi connectivity index (χ1) is 13.8. The molecule has 1 aliphatic heterocycles. The molecule has 0 spiro atoms. The summed E-state index contributed by atoms with van der Waals surface area (Å²) in [5.41, 5.74) is 4.54. The van der Waals surface area contributed by atoms with E-state index >= 15 is 0 Å². The molecular formula is C25H39BN2O2. The zero-order valence-electron chi connectivity index (χ0n) is 20.4. The minimum Gasteiger partial charge on any atom is -0.399 e. The van der Waals surface area contributed by atoms with Gasteiger partial charge in [0.15, 0.2) is 0 Å². The summed E-state index contributed by atoms with van der Waals surface area (Å²) in [6.07, 6.45) is 6.30. The average Bonchev–Trinajstić information content (AvgIpc) is 3.07. The van der Waals surface area contributed by atoms with Gasteiger partial charge in [0.2, 0.25) is 0 Å². The number of hydrogen-bond acceptors (Lipinski definition) is 3. The number of benzene rings is 1. The molecular weight excluding hydrogens is 371 g/mol. The molecule has 0 atom stereocenters. The van der Waals surface area contributed by atoms with Gasteiger partial charge in [-0.3, -0.25) is 0 Å². The molecule has 3 rings (SSSR count). The Hall–Kier alpha value is -1.59. The van der Waals surface area contributed by atoms with E-state index in [-0.39, 0.29) is 18.3 Å². The zero-order valence-corrected chi connectivity index (χ0v) is 20.4. The number of imidazole rings is 1. The number of aromatic nitrogens is 2. The van der Waals surface area contributed by atoms with Crippen molar-refractivity contribution in [2.24, 2.45) is 12.5 Å². The molecule has 1 aromatic heterocycles. The second kappa shape index (κ2) is 8.16. The van der Waals surface area contributed by atoms with Crippen LogP contribution in [0.5, 0.6) is 0 Å². The van der Waals surface area contributed by atoms with Gasteiger partial charge in [-0.1, -0.05) is 51.0 Å². The van der Waals surface area contributed by atoms with E-state index in [1.165, 1.54) is 16.8 Å². The highest BCUT2D eigenvalue weighted by molar-refractivity contribution is 6.62. The van der Waals surface area contributed by atoms with E-state index in [2.05, 4.69) is 91.4 Å². The van der Waals surface area contributed by atoms with Gasteiger partial charge in [-0.25, -0.2) is 4.98 Å². The molecule has 0 unspecified atom stereocenters. The fourth-order valence-corrected chi connectivity index (χ4v) is 3.89. The van der Waals surface area contributed by atoms with Crippen molar-refractivity contribution in [2.75, 3.05) is 0 Å². The molecule has 1 saturated heterocycles. The van der Waals surface area contributed by atoms with Gasteiger partial charge in [0.1, 0.15) is 5.82 Å². The molecule has 0 saturated carbocycles. The predicted octanol–water partition coefficient (Wildman–Crippen LogP) is 4.79. The van der Waals surface area contributed by atoms with Gasteiger partial charge in [-0.05, 0) is 63.9 Å². The lowest BCUT2D eigenvalue weighted by Crippen LogP contribution is -2.41. The summed E-state index contributed by atoms with van der Waals surface area (Å²) in [6.45, 7) is 17.4. The van der Waals surface area contributed by atoms with E-state index < -0.39 is 0 Å². The fraction of sp³-hybridized carbons (Fsp3) is 0.640. The van der Waals surface area contributed by atoms with Gasteiger partial charge >= 0.3 is 7.12 Å². The summed E-state index contributed by atoms with van der Waals surface area (Å²) in [5.74, 6) is 1.16. The summed E-state index contributed by atoms with van der Waals surface area (Å²) in [6, 6.07) is 6.64. The predicted molar refractivity (Wildman–Crippen MR) is 125 cm³/mol. The Morgan fingerprint density at radius 1 is 1.07 bits per heavy atom. The highest BCUT2D eigenvalue weighted by Crippen LogP contribution is 2.36. The molecule has 30 heavy (non-hydrogen) atoms. The highest BCUT2D eigenvalue weighted by atomic mass is 16.7. The third kappa shape index (κ3) is 4.83. The van der Waals surface area contributed by atoms with Gasteiger partial charge in [0.25, 0.3) is 0 Å². The van der Waals surface area contributed by atoms with Crippen molar-refractivity contribution in [3.63, 3.8) is 0 Å². The van der Waals surface area contributed by atoms with E-state index in [9.17, 15) is 0 Å². The van der Waals surface area contributed by atoms with Crippen LogP contribution in [-0.2, 0) is 35.6 Å². The number of aryl methyl sites for hydroxylation is 4. The van der Waals surface area contributed by atoms with Crippen LogP contribution in [-0.4, -0.2) is 27.9 Å². The first-order valence-corrected chi connectivity index (χ1v) is 11.3. The Morgan fingerprint density at radius 3 is 2.27 bits per heavy atom. The van der Waals surface area contributed by atoms with E-state index in [0.29, 0.717) is 5.41 Å². The molecule has 0 radical (unpaired) electrons. The monoisotopic (exact) mass is 410 g/mol. The van der Waals surface area contributed by atoms with Gasteiger partial charge in [0.05, 0.1) is 16.9 Å². The summed E-state index contributed by atoms with van der Waals surface area (Å²) < 4.78 is 14.7. The second-order valence-corrected chi connectivity index (χ2v) is 10.7. The van der Waals surface area contributed by atoms with Crippen LogP contribution in [0.25, 0.3) is 0 Å². The van der Waals surface area contributed by atoms with Crippen LogP contribution < -0.4 is 5.46 Å². The Morgan fingerprint density at radius 2 is 1.70 bits per heavy atom. The van der Waals surface area contributed by atoms with Gasteiger partial charge in [0, 0.05) is 19.7 Å². The maximum absolute atomic E-state index is 6.23. The first kappa shape index (κ1) is 23.1. The minimum atomic E-state index is -0.314. The summed E-state index contributed by atoms with van der Waals surface area (Å²) in [5, 5.41) is 0. The number of hydrogen-bond donors (Lipinski definition) is 0. The van der Waals surface area contributed by atoms with Crippen molar-refractivity contribution >= 4 is 12.6 Å². The lowest BCUT2D eigenvalue weighted by molar-refractivity contribution is 0.00578. The largest absolute Gasteiger partial charge is 0.495 e. The third-order valence-corrected chi connectivity index (χ3v) is 7.12. The quantitative estimate of drug-likeness (QED) is 0.616. The van der Waals surface area contributed by atoms with Crippen LogP contribution in [0.1, 0.15) is 77.5 Å². The van der Waals surface area contributed by atoms with E-state index in [4.69, 9.17) is 14.3 Å². The lowest BCUT2D eigenvalue weighted by atomic mass is 9.75. The summed E-state index contributed by atoms with van der Waals surface area (Å²) in [7, 11) is 1.81. The molecule has 4 nitrogen and oxygen atoms in total. The van der Waals surface area contributed by atoms with Crippen molar-refractivity contribution < 1.29 is 9.31 Å².